The zero-order chi connectivity index (χ0) is 18.1. The van der Waals surface area contributed by atoms with E-state index < -0.39 is 10.1 Å². The van der Waals surface area contributed by atoms with Crippen molar-refractivity contribution in [2.75, 3.05) is 0 Å². The maximum atomic E-state index is 11.8. The summed E-state index contributed by atoms with van der Waals surface area (Å²) in [5.74, 6) is 0.605. The number of hydrogen-bond donors (Lipinski definition) is 0. The average molecular weight is 401 g/mol. The fourth-order valence-electron chi connectivity index (χ4n) is 2.83. The van der Waals surface area contributed by atoms with Crippen LogP contribution < -0.4 is 56.1 Å². The van der Waals surface area contributed by atoms with E-state index in [1.165, 1.54) is 25.3 Å². The van der Waals surface area contributed by atoms with Gasteiger partial charge in [-0.05, 0) is 36.6 Å². The van der Waals surface area contributed by atoms with Crippen molar-refractivity contribution in [2.24, 2.45) is 0 Å². The molecule has 0 saturated heterocycles. The van der Waals surface area contributed by atoms with Crippen molar-refractivity contribution in [1.29, 1.82) is 0 Å². The molecule has 0 saturated carbocycles. The number of unbranched alkanes of at least 4 members (excludes halogenated alkanes) is 5. The molecule has 2 rings (SSSR count). The molecule has 0 aromatic heterocycles. The Balaban J connectivity index is 0.00000338. The van der Waals surface area contributed by atoms with Gasteiger partial charge in [0.25, 0.3) is 0 Å². The quantitative estimate of drug-likeness (QED) is 0.349. The molecule has 0 spiro atoms. The largest absolute Gasteiger partial charge is 1.00 e. The van der Waals surface area contributed by atoms with Crippen LogP contribution in [-0.4, -0.2) is 13.0 Å². The van der Waals surface area contributed by atoms with Crippen LogP contribution in [-0.2, 0) is 16.5 Å². The van der Waals surface area contributed by atoms with Crippen LogP contribution >= 0.6 is 0 Å². The Bertz CT molecular complexity index is 761. The van der Waals surface area contributed by atoms with Crippen LogP contribution in [0.25, 0.3) is 0 Å². The van der Waals surface area contributed by atoms with Crippen LogP contribution in [0.1, 0.15) is 51.0 Å². The van der Waals surface area contributed by atoms with Gasteiger partial charge in [-0.3, -0.25) is 0 Å². The van der Waals surface area contributed by atoms with Gasteiger partial charge in [-0.1, -0.05) is 69.4 Å². The topological polar surface area (TPSA) is 66.4 Å². The molecule has 6 heteroatoms. The van der Waals surface area contributed by atoms with E-state index in [0.717, 1.165) is 19.3 Å². The minimum atomic E-state index is -4.61. The summed E-state index contributed by atoms with van der Waals surface area (Å²) in [6.45, 7) is 2.17. The Morgan fingerprint density at radius 2 is 1.54 bits per heavy atom. The van der Waals surface area contributed by atoms with Gasteiger partial charge in [0, 0.05) is 0 Å². The molecule has 0 atom stereocenters. The van der Waals surface area contributed by atoms with Gasteiger partial charge < -0.3 is 9.29 Å². The third-order valence-corrected chi connectivity index (χ3v) is 5.04. The molecule has 2 aromatic carbocycles. The first-order valence-corrected chi connectivity index (χ1v) is 10.2. The summed E-state index contributed by atoms with van der Waals surface area (Å²) in [6, 6.07) is 13.8. The minimum absolute atomic E-state index is 0. The van der Waals surface area contributed by atoms with Gasteiger partial charge >= 0.3 is 51.4 Å². The molecule has 2 aromatic rings. The Morgan fingerprint density at radius 3 is 2.19 bits per heavy atom. The number of rotatable bonds is 10. The van der Waals surface area contributed by atoms with Crippen molar-refractivity contribution >= 4 is 10.1 Å². The van der Waals surface area contributed by atoms with Crippen LogP contribution in [0.5, 0.6) is 11.5 Å². The molecule has 136 valence electrons. The van der Waals surface area contributed by atoms with E-state index in [1.807, 2.05) is 6.07 Å². The van der Waals surface area contributed by atoms with E-state index in [-0.39, 0.29) is 62.0 Å². The van der Waals surface area contributed by atoms with Gasteiger partial charge in [-0.25, -0.2) is 8.42 Å². The molecular formula is C20H25KO4S. The molecule has 26 heavy (non-hydrogen) atoms. The number of hydrogen-bond acceptors (Lipinski definition) is 4. The second-order valence-corrected chi connectivity index (χ2v) is 7.45. The van der Waals surface area contributed by atoms with Crippen LogP contribution in [0.4, 0.5) is 0 Å². The van der Waals surface area contributed by atoms with E-state index in [1.54, 1.807) is 36.4 Å². The van der Waals surface area contributed by atoms with Crippen LogP contribution in [0, 0.1) is 0 Å². The third kappa shape index (κ3) is 7.80. The number of benzene rings is 2. The molecule has 0 aliphatic carbocycles. The molecule has 0 radical (unpaired) electrons. The smallest absolute Gasteiger partial charge is 0.744 e. The second-order valence-electron chi connectivity index (χ2n) is 6.13. The molecule has 0 aliphatic heterocycles. The van der Waals surface area contributed by atoms with E-state index in [2.05, 4.69) is 6.92 Å². The summed E-state index contributed by atoms with van der Waals surface area (Å²) in [4.78, 5) is -0.229. The maximum absolute atomic E-state index is 11.8. The Hall–Kier alpha value is -0.214. The van der Waals surface area contributed by atoms with Crippen molar-refractivity contribution in [2.45, 2.75) is 56.8 Å². The first-order valence-electron chi connectivity index (χ1n) is 8.83. The van der Waals surface area contributed by atoms with Crippen molar-refractivity contribution in [3.63, 3.8) is 0 Å². The SMILES string of the molecule is CCCCCCCCc1cccc(Oc2ccccc2)c1S(=O)(=O)[O-].[K+]. The van der Waals surface area contributed by atoms with E-state index in [4.69, 9.17) is 4.74 Å². The summed E-state index contributed by atoms with van der Waals surface area (Å²) in [5.41, 5.74) is 0.541. The van der Waals surface area contributed by atoms with Crippen molar-refractivity contribution in [3.05, 3.63) is 54.1 Å². The fraction of sp³-hybridized carbons (Fsp3) is 0.400. The molecule has 0 bridgehead atoms. The summed E-state index contributed by atoms with van der Waals surface area (Å²) in [6.07, 6.45) is 7.20. The fourth-order valence-corrected chi connectivity index (χ4v) is 3.68. The van der Waals surface area contributed by atoms with Gasteiger partial charge in [0.1, 0.15) is 26.5 Å². The summed E-state index contributed by atoms with van der Waals surface area (Å²) in [5, 5.41) is 0. The first-order chi connectivity index (χ1) is 12.0. The number of para-hydroxylation sites is 1. The molecule has 0 N–H and O–H groups in total. The van der Waals surface area contributed by atoms with E-state index >= 15 is 0 Å². The third-order valence-electron chi connectivity index (χ3n) is 4.08. The zero-order valence-corrected chi connectivity index (χ0v) is 19.5. The molecule has 0 fully saturated rings. The Morgan fingerprint density at radius 1 is 0.885 bits per heavy atom. The summed E-state index contributed by atoms with van der Waals surface area (Å²) >= 11 is 0. The average Bonchev–Trinajstić information content (AvgIpc) is 2.58. The second kappa shape index (κ2) is 12.3. The van der Waals surface area contributed by atoms with E-state index in [0.29, 0.717) is 17.7 Å². The van der Waals surface area contributed by atoms with Crippen molar-refractivity contribution in [1.82, 2.24) is 0 Å². The van der Waals surface area contributed by atoms with Crippen LogP contribution in [0.3, 0.4) is 0 Å². The predicted molar refractivity (Wildman–Crippen MR) is 98.0 cm³/mol. The van der Waals surface area contributed by atoms with Gasteiger partial charge in [-0.2, -0.15) is 0 Å². The van der Waals surface area contributed by atoms with Gasteiger partial charge in [0.05, 0.1) is 0 Å². The monoisotopic (exact) mass is 400 g/mol. The van der Waals surface area contributed by atoms with Crippen LogP contribution in [0.2, 0.25) is 0 Å². The molecule has 0 unspecified atom stereocenters. The van der Waals surface area contributed by atoms with Gasteiger partial charge in [-0.15, -0.1) is 0 Å². The van der Waals surface area contributed by atoms with Gasteiger partial charge in [0.2, 0.25) is 0 Å². The molecular weight excluding hydrogens is 375 g/mol. The Kier molecular flexibility index (Phi) is 11.3. The predicted octanol–water partition coefficient (Wildman–Crippen LogP) is 2.29. The normalized spacial score (nSPS) is 11.0. The minimum Gasteiger partial charge on any atom is -0.744 e. The standard InChI is InChI=1S/C20H26O4S.K/c1-2-3-4-5-6-8-12-17-13-11-16-19(20(17)25(21,22)23)24-18-14-9-7-10-15-18;/h7,9-11,13-16H,2-6,8,12H2,1H3,(H,21,22,23);/q;+1/p-1. The summed E-state index contributed by atoms with van der Waals surface area (Å²) < 4.78 is 41.1. The number of ether oxygens (including phenoxy) is 1. The van der Waals surface area contributed by atoms with Crippen molar-refractivity contribution < 1.29 is 69.1 Å². The first kappa shape index (κ1) is 23.8. The maximum Gasteiger partial charge on any atom is 1.00 e. The molecule has 4 nitrogen and oxygen atoms in total. The zero-order valence-electron chi connectivity index (χ0n) is 15.6. The Labute approximate surface area is 199 Å². The van der Waals surface area contributed by atoms with Gasteiger partial charge in [0.15, 0.2) is 0 Å². The summed E-state index contributed by atoms with van der Waals surface area (Å²) in [7, 11) is -4.61. The number of aryl methyl sites for hydroxylation is 1. The van der Waals surface area contributed by atoms with E-state index in [9.17, 15) is 13.0 Å². The van der Waals surface area contributed by atoms with Crippen molar-refractivity contribution in [3.8, 4) is 11.5 Å². The molecule has 0 amide bonds. The van der Waals surface area contributed by atoms with Crippen LogP contribution in [0.15, 0.2) is 53.4 Å². The molecule has 0 aliphatic rings. The molecule has 0 heterocycles.